The van der Waals surface area contributed by atoms with Gasteiger partial charge in [-0.3, -0.25) is 4.79 Å². The minimum Gasteiger partial charge on any atom is -0.490 e. The van der Waals surface area contributed by atoms with Gasteiger partial charge in [-0.1, -0.05) is 31.2 Å². The first-order valence-electron chi connectivity index (χ1n) is 22.7. The molecule has 69 heavy (non-hydrogen) atoms. The van der Waals surface area contributed by atoms with Crippen LogP contribution in [0.15, 0.2) is 121 Å². The third kappa shape index (κ3) is 13.6. The van der Waals surface area contributed by atoms with Crippen molar-refractivity contribution in [1.29, 1.82) is 0 Å². The summed E-state index contributed by atoms with van der Waals surface area (Å²) in [6, 6.07) is 32.1. The van der Waals surface area contributed by atoms with Gasteiger partial charge in [-0.15, -0.1) is 0 Å². The average Bonchev–Trinajstić information content (AvgIpc) is 3.29. The molecule has 6 aromatic carbocycles. The van der Waals surface area contributed by atoms with Crippen LogP contribution < -0.4 is 37.9 Å². The van der Waals surface area contributed by atoms with Crippen LogP contribution >= 0.6 is 0 Å². The van der Waals surface area contributed by atoms with Crippen LogP contribution in [0.4, 0.5) is 0 Å². The zero-order chi connectivity index (χ0) is 49.9. The lowest BCUT2D eigenvalue weighted by atomic mass is 9.99. The molecule has 0 saturated heterocycles. The van der Waals surface area contributed by atoms with E-state index in [0.717, 1.165) is 11.1 Å². The molecular weight excluding hydrogens is 881 g/mol. The van der Waals surface area contributed by atoms with Crippen molar-refractivity contribution in [1.82, 2.24) is 0 Å². The summed E-state index contributed by atoms with van der Waals surface area (Å²) in [5, 5.41) is 0. The van der Waals surface area contributed by atoms with E-state index in [1.54, 1.807) is 80.6 Å². The van der Waals surface area contributed by atoms with Gasteiger partial charge >= 0.3 is 23.9 Å². The fraction of sp³-hybridized carbons (Fsp3) is 0.268. The summed E-state index contributed by atoms with van der Waals surface area (Å²) in [4.78, 5) is 65.4. The van der Waals surface area contributed by atoms with Crippen LogP contribution in [0.2, 0.25) is 0 Å². The van der Waals surface area contributed by atoms with Crippen LogP contribution in [0.3, 0.4) is 0 Å². The summed E-state index contributed by atoms with van der Waals surface area (Å²) < 4.78 is 46.3. The minimum atomic E-state index is -0.706. The third-order valence-corrected chi connectivity index (χ3v) is 9.95. The average molecular weight is 937 g/mol. The Hall–Kier alpha value is -7.93. The van der Waals surface area contributed by atoms with E-state index in [2.05, 4.69) is 0 Å². The first-order chi connectivity index (χ1) is 32.9. The molecule has 0 radical (unpaired) electrons. The Morgan fingerprint density at radius 2 is 0.696 bits per heavy atom. The number of rotatable bonds is 19. The lowest BCUT2D eigenvalue weighted by Gasteiger charge is -2.21. The van der Waals surface area contributed by atoms with E-state index in [9.17, 15) is 24.0 Å². The van der Waals surface area contributed by atoms with Crippen molar-refractivity contribution in [3.05, 3.63) is 155 Å². The van der Waals surface area contributed by atoms with Gasteiger partial charge in [-0.05, 0) is 164 Å². The van der Waals surface area contributed by atoms with Gasteiger partial charge in [0.25, 0.3) is 0 Å². The molecule has 0 aliphatic carbocycles. The Kier molecular flexibility index (Phi) is 16.6. The van der Waals surface area contributed by atoms with E-state index in [1.807, 2.05) is 55.4 Å². The zero-order valence-corrected chi connectivity index (χ0v) is 40.4. The number of aryl methyl sites for hydroxylation is 1. The molecule has 0 spiro atoms. The Labute approximate surface area is 402 Å². The summed E-state index contributed by atoms with van der Waals surface area (Å²) in [5.74, 6) is -0.307. The van der Waals surface area contributed by atoms with Gasteiger partial charge in [0.2, 0.25) is 0 Å². The number of Topliss-reactive ketones (excluding diaryl/α,β-unsaturated/α-hetero) is 1. The first kappa shape index (κ1) is 50.5. The summed E-state index contributed by atoms with van der Waals surface area (Å²) in [7, 11) is 0. The van der Waals surface area contributed by atoms with Crippen LogP contribution in [0.5, 0.6) is 46.0 Å². The molecule has 13 heteroatoms. The first-order valence-corrected chi connectivity index (χ1v) is 22.7. The molecule has 0 fully saturated rings. The molecular formula is C56H56O13. The summed E-state index contributed by atoms with van der Waals surface area (Å²) in [6.07, 6.45) is -0.513. The number of benzene rings is 6. The van der Waals surface area contributed by atoms with Crippen molar-refractivity contribution < 1.29 is 61.9 Å². The van der Waals surface area contributed by atoms with Crippen LogP contribution in [-0.2, 0) is 0 Å². The Morgan fingerprint density at radius 3 is 1.07 bits per heavy atom. The number of ketones is 1. The summed E-state index contributed by atoms with van der Waals surface area (Å²) in [5.41, 5.74) is 3.49. The number of ether oxygens (including phenoxy) is 8. The molecule has 6 aromatic rings. The quantitative estimate of drug-likeness (QED) is 0.0429. The second kappa shape index (κ2) is 22.7. The topological polar surface area (TPSA) is 159 Å². The highest BCUT2D eigenvalue weighted by Gasteiger charge is 2.24. The number of esters is 4. The largest absolute Gasteiger partial charge is 0.490 e. The number of carbonyl (C=O) groups is 5. The maximum absolute atomic E-state index is 13.5. The van der Waals surface area contributed by atoms with Crippen molar-refractivity contribution in [2.24, 2.45) is 0 Å². The third-order valence-electron chi connectivity index (χ3n) is 9.95. The Balaban J connectivity index is 1.03. The van der Waals surface area contributed by atoms with E-state index in [1.165, 1.54) is 54.6 Å². The molecule has 0 aliphatic heterocycles. The van der Waals surface area contributed by atoms with Crippen LogP contribution in [0, 0.1) is 6.92 Å². The van der Waals surface area contributed by atoms with Crippen LogP contribution in [0.25, 0.3) is 11.1 Å². The summed E-state index contributed by atoms with van der Waals surface area (Å²) in [6.45, 7) is 18.4. The van der Waals surface area contributed by atoms with Crippen LogP contribution in [0.1, 0.15) is 126 Å². The zero-order valence-electron chi connectivity index (χ0n) is 40.4. The predicted octanol–water partition coefficient (Wildman–Crippen LogP) is 12.3. The van der Waals surface area contributed by atoms with Gasteiger partial charge < -0.3 is 37.9 Å². The number of hydrogen-bond acceptors (Lipinski definition) is 13. The normalized spacial score (nSPS) is 11.0. The Bertz CT molecular complexity index is 2790. The van der Waals surface area contributed by atoms with E-state index in [0.29, 0.717) is 39.9 Å². The smallest absolute Gasteiger partial charge is 0.347 e. The molecule has 0 heterocycles. The second-order valence-electron chi connectivity index (χ2n) is 17.1. The molecule has 0 saturated carbocycles. The molecule has 358 valence electrons. The highest BCUT2D eigenvalue weighted by atomic mass is 16.6. The molecule has 13 nitrogen and oxygen atoms in total. The van der Waals surface area contributed by atoms with Gasteiger partial charge in [0, 0.05) is 24.1 Å². The minimum absolute atomic E-state index is 0.105. The second-order valence-corrected chi connectivity index (χ2v) is 17.1. The maximum atomic E-state index is 13.5. The highest BCUT2D eigenvalue weighted by Crippen LogP contribution is 2.38. The number of hydrogen-bond donors (Lipinski definition) is 0. The van der Waals surface area contributed by atoms with Crippen molar-refractivity contribution in [2.75, 3.05) is 0 Å². The van der Waals surface area contributed by atoms with Gasteiger partial charge in [-0.2, -0.15) is 0 Å². The monoisotopic (exact) mass is 936 g/mol. The van der Waals surface area contributed by atoms with E-state index in [4.69, 9.17) is 37.9 Å². The molecule has 0 atom stereocenters. The van der Waals surface area contributed by atoms with Gasteiger partial charge in [0.05, 0.1) is 35.5 Å². The van der Waals surface area contributed by atoms with Crippen molar-refractivity contribution in [3.63, 3.8) is 0 Å². The predicted molar refractivity (Wildman–Crippen MR) is 260 cm³/mol. The fourth-order valence-corrected chi connectivity index (χ4v) is 6.83. The molecule has 0 N–H and O–H groups in total. The molecule has 0 amide bonds. The van der Waals surface area contributed by atoms with Crippen molar-refractivity contribution in [3.8, 4) is 57.1 Å². The molecule has 0 aliphatic rings. The maximum Gasteiger partial charge on any atom is 0.347 e. The standard InChI is InChI=1S/C56H56O13/c1-11-48(57)45-29-46(49(28-36(45)10)62-32(2)3)55(60)68-43-24-16-39(17-25-43)53(58)66-41-20-12-37(13-21-41)38-14-22-42(23-15-38)67-54(59)40-18-26-44(27-19-40)69-56(61)47-30-51(64-34(6)7)52(65-35(8)9)31-50(47)63-33(4)5/h12-35H,11H2,1-10H3. The Morgan fingerprint density at radius 1 is 0.377 bits per heavy atom. The highest BCUT2D eigenvalue weighted by molar-refractivity contribution is 6.02. The van der Waals surface area contributed by atoms with Crippen molar-refractivity contribution in [2.45, 2.75) is 100 Å². The lowest BCUT2D eigenvalue weighted by molar-refractivity contribution is 0.0714. The van der Waals surface area contributed by atoms with Crippen LogP contribution in [-0.4, -0.2) is 54.1 Å². The lowest BCUT2D eigenvalue weighted by Crippen LogP contribution is -2.17. The molecule has 0 bridgehead atoms. The van der Waals surface area contributed by atoms with Gasteiger partial charge in [0.1, 0.15) is 45.6 Å². The fourth-order valence-electron chi connectivity index (χ4n) is 6.83. The SMILES string of the molecule is CCC(=O)c1cc(C(=O)Oc2ccc(C(=O)Oc3ccc(-c4ccc(OC(=O)c5ccc(OC(=O)c6cc(OC(C)C)c(OC(C)C)cc6OC(C)C)cc5)cc4)cc3)cc2)c(OC(C)C)cc1C. The summed E-state index contributed by atoms with van der Waals surface area (Å²) >= 11 is 0. The molecule has 0 aromatic heterocycles. The van der Waals surface area contributed by atoms with E-state index >= 15 is 0 Å². The molecule has 6 rings (SSSR count). The molecule has 0 unspecified atom stereocenters. The van der Waals surface area contributed by atoms with Crippen molar-refractivity contribution >= 4 is 29.7 Å². The van der Waals surface area contributed by atoms with E-state index in [-0.39, 0.29) is 76.1 Å². The number of carbonyl (C=O) groups excluding carboxylic acids is 5. The van der Waals surface area contributed by atoms with Gasteiger partial charge in [-0.25, -0.2) is 19.2 Å². The van der Waals surface area contributed by atoms with Gasteiger partial charge in [0.15, 0.2) is 17.3 Å². The van der Waals surface area contributed by atoms with E-state index < -0.39 is 23.9 Å².